The molecule has 1 saturated carbocycles. The van der Waals surface area contributed by atoms with Gasteiger partial charge in [-0.1, -0.05) is 37.3 Å². The molecule has 10 nitrogen and oxygen atoms in total. The predicted molar refractivity (Wildman–Crippen MR) is 105 cm³/mol. The topological polar surface area (TPSA) is 148 Å². The minimum atomic E-state index is -1.14. The average Bonchev–Trinajstić information content (AvgIpc) is 3.04. The molecule has 0 spiro atoms. The number of anilines is 1. The van der Waals surface area contributed by atoms with Crippen molar-refractivity contribution in [3.8, 4) is 0 Å². The van der Waals surface area contributed by atoms with Gasteiger partial charge in [0.2, 0.25) is 0 Å². The Morgan fingerprint density at radius 1 is 1.17 bits per heavy atom. The third kappa shape index (κ3) is 3.51. The quantitative estimate of drug-likeness (QED) is 0.556. The lowest BCUT2D eigenvalue weighted by molar-refractivity contribution is -0.393. The van der Waals surface area contributed by atoms with Crippen LogP contribution in [0.25, 0.3) is 0 Å². The van der Waals surface area contributed by atoms with Crippen molar-refractivity contribution in [2.75, 3.05) is 5.43 Å². The van der Waals surface area contributed by atoms with E-state index in [0.717, 1.165) is 12.1 Å². The van der Waals surface area contributed by atoms with Crippen LogP contribution < -0.4 is 5.43 Å². The van der Waals surface area contributed by atoms with Gasteiger partial charge in [0.05, 0.1) is 15.9 Å². The molecule has 2 N–H and O–H groups in total. The van der Waals surface area contributed by atoms with E-state index < -0.39 is 38.5 Å². The number of rotatable bonds is 6. The van der Waals surface area contributed by atoms with Crippen molar-refractivity contribution in [2.45, 2.75) is 25.2 Å². The van der Waals surface area contributed by atoms with E-state index in [4.69, 9.17) is 0 Å². The second-order valence-corrected chi connectivity index (χ2v) is 6.79. The van der Waals surface area contributed by atoms with Gasteiger partial charge in [-0.2, -0.15) is 5.10 Å². The second-order valence-electron chi connectivity index (χ2n) is 6.79. The number of hydrogen-bond donors (Lipinski definition) is 2. The highest BCUT2D eigenvalue weighted by Crippen LogP contribution is 2.44. The Hall–Kier alpha value is -3.82. The lowest BCUT2D eigenvalue weighted by Crippen LogP contribution is -2.39. The number of carbonyl (C=O) groups is 1. The standard InChI is InChI=1S/C19H18N4O6/c1-12-15(9-10-19(12,18(24)25)13-5-3-2-4-6-13)20-21-16-8-7-14(22(26)27)11-17(16)23(28)29/h2-8,11-12,21H,9-10H2,1H3,(H,24,25)/t12-,19+/m0/s1. The van der Waals surface area contributed by atoms with Crippen LogP contribution in [0, 0.1) is 26.1 Å². The van der Waals surface area contributed by atoms with Gasteiger partial charge < -0.3 is 5.11 Å². The normalized spacial score (nSPS) is 22.4. The van der Waals surface area contributed by atoms with Gasteiger partial charge >= 0.3 is 11.7 Å². The Balaban J connectivity index is 1.92. The van der Waals surface area contributed by atoms with Crippen LogP contribution >= 0.6 is 0 Å². The highest BCUT2D eigenvalue weighted by atomic mass is 16.6. The van der Waals surface area contributed by atoms with Gasteiger partial charge in [-0.05, 0) is 24.5 Å². The van der Waals surface area contributed by atoms with E-state index in [1.54, 1.807) is 31.2 Å². The van der Waals surface area contributed by atoms with Crippen LogP contribution in [0.3, 0.4) is 0 Å². The molecule has 1 aliphatic carbocycles. The van der Waals surface area contributed by atoms with Gasteiger partial charge in [0, 0.05) is 17.7 Å². The molecule has 1 aliphatic rings. The van der Waals surface area contributed by atoms with E-state index in [-0.39, 0.29) is 5.69 Å². The summed E-state index contributed by atoms with van der Waals surface area (Å²) in [6.07, 6.45) is 0.743. The van der Waals surface area contributed by atoms with Crippen LogP contribution in [0.2, 0.25) is 0 Å². The van der Waals surface area contributed by atoms with Crippen molar-refractivity contribution in [1.82, 2.24) is 0 Å². The van der Waals surface area contributed by atoms with Gasteiger partial charge in [-0.25, -0.2) is 0 Å². The molecule has 10 heteroatoms. The molecule has 0 unspecified atom stereocenters. The Bertz CT molecular complexity index is 1010. The third-order valence-corrected chi connectivity index (χ3v) is 5.39. The zero-order chi connectivity index (χ0) is 21.2. The van der Waals surface area contributed by atoms with Gasteiger partial charge in [0.15, 0.2) is 0 Å². The minimum absolute atomic E-state index is 0.00663. The van der Waals surface area contributed by atoms with Gasteiger partial charge in [0.1, 0.15) is 11.1 Å². The first kappa shape index (κ1) is 19.9. The first-order valence-electron chi connectivity index (χ1n) is 8.81. The van der Waals surface area contributed by atoms with E-state index in [0.29, 0.717) is 24.1 Å². The number of hydrazone groups is 1. The maximum atomic E-state index is 12.2. The monoisotopic (exact) mass is 398 g/mol. The van der Waals surface area contributed by atoms with Crippen LogP contribution in [0.1, 0.15) is 25.3 Å². The number of carboxylic acids is 1. The van der Waals surface area contributed by atoms with E-state index in [9.17, 15) is 30.1 Å². The number of nitro benzene ring substituents is 2. The molecule has 0 radical (unpaired) electrons. The van der Waals surface area contributed by atoms with Crippen molar-refractivity contribution in [2.24, 2.45) is 11.0 Å². The summed E-state index contributed by atoms with van der Waals surface area (Å²) in [6.45, 7) is 1.76. The molecule has 29 heavy (non-hydrogen) atoms. The van der Waals surface area contributed by atoms with Crippen LogP contribution in [0.4, 0.5) is 17.1 Å². The summed E-state index contributed by atoms with van der Waals surface area (Å²) in [7, 11) is 0. The molecule has 1 fully saturated rings. The van der Waals surface area contributed by atoms with Crippen LogP contribution in [-0.4, -0.2) is 26.6 Å². The fraction of sp³-hybridized carbons (Fsp3) is 0.263. The Kier molecular flexibility index (Phi) is 5.26. The van der Waals surface area contributed by atoms with E-state index in [1.807, 2.05) is 6.07 Å². The number of hydrogen-bond acceptors (Lipinski definition) is 7. The van der Waals surface area contributed by atoms with Crippen molar-refractivity contribution in [3.05, 3.63) is 74.3 Å². The van der Waals surface area contributed by atoms with Gasteiger partial charge in [0.25, 0.3) is 5.69 Å². The number of nitro groups is 2. The van der Waals surface area contributed by atoms with Crippen LogP contribution in [-0.2, 0) is 10.2 Å². The lowest BCUT2D eigenvalue weighted by atomic mass is 9.73. The SMILES string of the molecule is C[C@H]1C(=NNc2ccc([N+](=O)[O-])cc2[N+](=O)[O-])CC[C@]1(C(=O)O)c1ccccc1. The fourth-order valence-corrected chi connectivity index (χ4v) is 3.75. The highest BCUT2D eigenvalue weighted by Gasteiger charge is 2.51. The first-order chi connectivity index (χ1) is 13.8. The molecule has 2 aromatic rings. The molecule has 0 aromatic heterocycles. The number of nitrogens with one attached hydrogen (secondary N) is 1. The summed E-state index contributed by atoms with van der Waals surface area (Å²) >= 11 is 0. The summed E-state index contributed by atoms with van der Waals surface area (Å²) in [6, 6.07) is 12.1. The number of non-ortho nitro benzene ring substituents is 1. The summed E-state index contributed by atoms with van der Waals surface area (Å²) in [5.41, 5.74) is 1.79. The maximum absolute atomic E-state index is 12.2. The summed E-state index contributed by atoms with van der Waals surface area (Å²) < 4.78 is 0. The molecule has 0 heterocycles. The summed E-state index contributed by atoms with van der Waals surface area (Å²) in [5, 5.41) is 36.3. The summed E-state index contributed by atoms with van der Waals surface area (Å²) in [4.78, 5) is 32.8. The zero-order valence-corrected chi connectivity index (χ0v) is 15.4. The maximum Gasteiger partial charge on any atom is 0.314 e. The molecule has 0 bridgehead atoms. The van der Waals surface area contributed by atoms with Crippen LogP contribution in [0.15, 0.2) is 53.6 Å². The summed E-state index contributed by atoms with van der Waals surface area (Å²) in [5.74, 6) is -1.41. The van der Waals surface area contributed by atoms with Gasteiger partial charge in [-0.3, -0.25) is 30.4 Å². The Labute approximate surface area is 165 Å². The largest absolute Gasteiger partial charge is 0.481 e. The fourth-order valence-electron chi connectivity index (χ4n) is 3.75. The van der Waals surface area contributed by atoms with Gasteiger partial charge in [-0.15, -0.1) is 0 Å². The van der Waals surface area contributed by atoms with Crippen molar-refractivity contribution < 1.29 is 19.7 Å². The molecule has 3 rings (SSSR count). The number of nitrogens with zero attached hydrogens (tertiary/aromatic N) is 3. The molecule has 2 atom stereocenters. The predicted octanol–water partition coefficient (Wildman–Crippen LogP) is 3.72. The van der Waals surface area contributed by atoms with E-state index >= 15 is 0 Å². The number of aliphatic carboxylic acids is 1. The van der Waals surface area contributed by atoms with E-state index in [1.165, 1.54) is 6.07 Å². The molecule has 0 aliphatic heterocycles. The molecule has 150 valence electrons. The first-order valence-corrected chi connectivity index (χ1v) is 8.81. The molecular formula is C19H18N4O6. The molecule has 2 aromatic carbocycles. The number of benzene rings is 2. The van der Waals surface area contributed by atoms with Crippen molar-refractivity contribution in [1.29, 1.82) is 0 Å². The average molecular weight is 398 g/mol. The minimum Gasteiger partial charge on any atom is -0.481 e. The van der Waals surface area contributed by atoms with Crippen LogP contribution in [0.5, 0.6) is 0 Å². The zero-order valence-electron chi connectivity index (χ0n) is 15.4. The second kappa shape index (κ2) is 7.66. The third-order valence-electron chi connectivity index (χ3n) is 5.39. The molecule has 0 saturated heterocycles. The van der Waals surface area contributed by atoms with Crippen molar-refractivity contribution in [3.63, 3.8) is 0 Å². The lowest BCUT2D eigenvalue weighted by Gasteiger charge is -2.29. The van der Waals surface area contributed by atoms with E-state index in [2.05, 4.69) is 10.5 Å². The smallest absolute Gasteiger partial charge is 0.314 e. The van der Waals surface area contributed by atoms with Crippen molar-refractivity contribution >= 4 is 28.7 Å². The Morgan fingerprint density at radius 2 is 1.86 bits per heavy atom. The molecular weight excluding hydrogens is 380 g/mol. The Morgan fingerprint density at radius 3 is 2.45 bits per heavy atom. The molecule has 0 amide bonds. The highest BCUT2D eigenvalue weighted by molar-refractivity contribution is 5.99. The number of carboxylic acid groups (broad SMARTS) is 1.